The van der Waals surface area contributed by atoms with Crippen molar-refractivity contribution in [3.63, 3.8) is 0 Å². The van der Waals surface area contributed by atoms with E-state index in [0.717, 1.165) is 18.7 Å². The zero-order valence-electron chi connectivity index (χ0n) is 12.9. The lowest BCUT2D eigenvalue weighted by Gasteiger charge is -2.29. The fraction of sp³-hybridized carbons (Fsp3) is 0.214. The normalized spacial score (nSPS) is 15.4. The predicted molar refractivity (Wildman–Crippen MR) is 86.5 cm³/mol. The van der Waals surface area contributed by atoms with Gasteiger partial charge in [0, 0.05) is 25.5 Å². The molecule has 1 aliphatic heterocycles. The van der Waals surface area contributed by atoms with Crippen molar-refractivity contribution in [2.45, 2.75) is 16.2 Å². The highest BCUT2D eigenvalue weighted by atomic mass is 32.2. The molecular weight excluding hydrogens is 368 g/mol. The third-order valence-electron chi connectivity index (χ3n) is 3.59. The summed E-state index contributed by atoms with van der Waals surface area (Å²) in [6, 6.07) is 4.87. The van der Waals surface area contributed by atoms with Crippen molar-refractivity contribution in [2.24, 2.45) is 0 Å². The van der Waals surface area contributed by atoms with Gasteiger partial charge in [-0.05, 0) is 24.6 Å². The van der Waals surface area contributed by atoms with Gasteiger partial charge < -0.3 is 0 Å². The van der Waals surface area contributed by atoms with Gasteiger partial charge in [-0.1, -0.05) is 6.07 Å². The van der Waals surface area contributed by atoms with Gasteiger partial charge in [0.2, 0.25) is 10.0 Å². The first-order valence-corrected chi connectivity index (χ1v) is 10.2. The van der Waals surface area contributed by atoms with Crippen molar-refractivity contribution in [3.05, 3.63) is 48.5 Å². The molecule has 1 fully saturated rings. The number of hydrogen-bond donors (Lipinski definition) is 1. The molecule has 1 aromatic carbocycles. The fourth-order valence-corrected chi connectivity index (χ4v) is 4.77. The maximum absolute atomic E-state index is 12.4. The Labute approximate surface area is 144 Å². The Morgan fingerprint density at radius 3 is 2.40 bits per heavy atom. The van der Waals surface area contributed by atoms with Gasteiger partial charge in [-0.2, -0.15) is 4.31 Å². The molecule has 0 bridgehead atoms. The predicted octanol–water partition coefficient (Wildman–Crippen LogP) is -0.0103. The standard InChI is InChI=1S/C14H14N4O5S2/c19-14(13-10-15-5-6-16-13)17-24(20,21)11-3-1-4-12(9-11)25(22,23)18-7-2-8-18/h1,3-6,9-10H,2,7-8H2,(H,17,19). The molecule has 0 spiro atoms. The number of rotatable bonds is 5. The first-order valence-electron chi connectivity index (χ1n) is 7.24. The third-order valence-corrected chi connectivity index (χ3v) is 6.81. The molecule has 2 heterocycles. The Hall–Kier alpha value is -2.37. The summed E-state index contributed by atoms with van der Waals surface area (Å²) < 4.78 is 52.6. The number of hydrogen-bond acceptors (Lipinski definition) is 7. The Morgan fingerprint density at radius 1 is 1.08 bits per heavy atom. The Kier molecular flexibility index (Phi) is 4.54. The quantitative estimate of drug-likeness (QED) is 0.770. The minimum atomic E-state index is -4.26. The molecule has 1 saturated heterocycles. The van der Waals surface area contributed by atoms with Gasteiger partial charge in [0.05, 0.1) is 16.0 Å². The summed E-state index contributed by atoms with van der Waals surface area (Å²) in [6.45, 7) is 0.811. The van der Waals surface area contributed by atoms with E-state index in [1.54, 1.807) is 0 Å². The lowest BCUT2D eigenvalue weighted by atomic mass is 10.3. The van der Waals surface area contributed by atoms with Crippen molar-refractivity contribution in [1.29, 1.82) is 0 Å². The summed E-state index contributed by atoms with van der Waals surface area (Å²) in [5, 5.41) is 0. The highest BCUT2D eigenvalue weighted by Gasteiger charge is 2.30. The van der Waals surface area contributed by atoms with Crippen LogP contribution < -0.4 is 4.72 Å². The lowest BCUT2D eigenvalue weighted by molar-refractivity contribution is 0.0976. The van der Waals surface area contributed by atoms with Crippen LogP contribution in [0.1, 0.15) is 16.9 Å². The second-order valence-electron chi connectivity index (χ2n) is 5.26. The van der Waals surface area contributed by atoms with Crippen LogP contribution in [0.4, 0.5) is 0 Å². The van der Waals surface area contributed by atoms with E-state index in [1.165, 1.54) is 34.9 Å². The summed E-state index contributed by atoms with van der Waals surface area (Å²) in [7, 11) is -7.99. The topological polar surface area (TPSA) is 126 Å². The second kappa shape index (κ2) is 6.50. The van der Waals surface area contributed by atoms with Gasteiger partial charge in [0.15, 0.2) is 0 Å². The molecule has 25 heavy (non-hydrogen) atoms. The van der Waals surface area contributed by atoms with Gasteiger partial charge in [0.1, 0.15) is 5.69 Å². The maximum atomic E-state index is 12.4. The molecule has 1 amide bonds. The van der Waals surface area contributed by atoms with Crippen LogP contribution in [-0.4, -0.2) is 50.1 Å². The molecule has 9 nitrogen and oxygen atoms in total. The van der Waals surface area contributed by atoms with Crippen molar-refractivity contribution >= 4 is 26.0 Å². The number of nitrogens with one attached hydrogen (secondary N) is 1. The van der Waals surface area contributed by atoms with Crippen LogP contribution in [-0.2, 0) is 20.0 Å². The summed E-state index contributed by atoms with van der Waals surface area (Å²) in [5.74, 6) is -0.955. The van der Waals surface area contributed by atoms with E-state index >= 15 is 0 Å². The van der Waals surface area contributed by atoms with Crippen LogP contribution in [0, 0.1) is 0 Å². The average Bonchev–Trinajstić information content (AvgIpc) is 2.53. The van der Waals surface area contributed by atoms with Gasteiger partial charge in [-0.15, -0.1) is 0 Å². The van der Waals surface area contributed by atoms with Gasteiger partial charge in [-0.25, -0.2) is 26.5 Å². The number of aromatic nitrogens is 2. The largest absolute Gasteiger partial charge is 0.285 e. The van der Waals surface area contributed by atoms with E-state index in [4.69, 9.17) is 0 Å². The molecule has 1 N–H and O–H groups in total. The van der Waals surface area contributed by atoms with E-state index in [1.807, 2.05) is 4.72 Å². The molecule has 0 atom stereocenters. The van der Waals surface area contributed by atoms with Crippen molar-refractivity contribution in [2.75, 3.05) is 13.1 Å². The summed E-state index contributed by atoms with van der Waals surface area (Å²) in [5.41, 5.74) is -0.171. The van der Waals surface area contributed by atoms with Crippen LogP contribution in [0.5, 0.6) is 0 Å². The smallest absolute Gasteiger partial charge is 0.266 e. The molecular formula is C14H14N4O5S2. The first-order chi connectivity index (χ1) is 11.8. The van der Waals surface area contributed by atoms with Crippen LogP contribution >= 0.6 is 0 Å². The van der Waals surface area contributed by atoms with Gasteiger partial charge >= 0.3 is 0 Å². The Bertz CT molecular complexity index is 1000. The number of nitrogens with zero attached hydrogens (tertiary/aromatic N) is 3. The van der Waals surface area contributed by atoms with Crippen LogP contribution in [0.25, 0.3) is 0 Å². The number of amides is 1. The minimum Gasteiger partial charge on any atom is -0.266 e. The third kappa shape index (κ3) is 3.52. The van der Waals surface area contributed by atoms with Crippen molar-refractivity contribution in [3.8, 4) is 0 Å². The molecule has 0 saturated carbocycles. The monoisotopic (exact) mass is 382 g/mol. The molecule has 132 valence electrons. The molecule has 3 rings (SSSR count). The van der Waals surface area contributed by atoms with Crippen molar-refractivity contribution < 1.29 is 21.6 Å². The van der Waals surface area contributed by atoms with E-state index < -0.39 is 26.0 Å². The van der Waals surface area contributed by atoms with E-state index in [0.29, 0.717) is 13.1 Å². The number of sulfonamides is 2. The average molecular weight is 382 g/mol. The van der Waals surface area contributed by atoms with Crippen LogP contribution in [0.15, 0.2) is 52.6 Å². The molecule has 2 aromatic rings. The van der Waals surface area contributed by atoms with Crippen molar-refractivity contribution in [1.82, 2.24) is 19.0 Å². The van der Waals surface area contributed by atoms with E-state index in [-0.39, 0.29) is 15.5 Å². The molecule has 1 aromatic heterocycles. The minimum absolute atomic E-state index is 0.137. The molecule has 1 aliphatic rings. The summed E-state index contributed by atoms with van der Waals surface area (Å²) >= 11 is 0. The highest BCUT2D eigenvalue weighted by Crippen LogP contribution is 2.23. The van der Waals surface area contributed by atoms with Gasteiger partial charge in [-0.3, -0.25) is 9.78 Å². The molecule has 11 heteroatoms. The molecule has 0 radical (unpaired) electrons. The maximum Gasteiger partial charge on any atom is 0.285 e. The first kappa shape index (κ1) is 17.5. The highest BCUT2D eigenvalue weighted by molar-refractivity contribution is 7.90. The Morgan fingerprint density at radius 2 is 1.80 bits per heavy atom. The van der Waals surface area contributed by atoms with Crippen LogP contribution in [0.3, 0.4) is 0 Å². The van der Waals surface area contributed by atoms with Crippen LogP contribution in [0.2, 0.25) is 0 Å². The number of carbonyl (C=O) groups excluding carboxylic acids is 1. The SMILES string of the molecule is O=C(NS(=O)(=O)c1cccc(S(=O)(=O)N2CCC2)c1)c1cnccn1. The summed E-state index contributed by atoms with van der Waals surface area (Å²) in [6.07, 6.45) is 4.48. The second-order valence-corrected chi connectivity index (χ2v) is 8.88. The zero-order chi connectivity index (χ0) is 18.1. The molecule has 0 aliphatic carbocycles. The number of carbonyl (C=O) groups is 1. The zero-order valence-corrected chi connectivity index (χ0v) is 14.5. The fourth-order valence-electron chi connectivity index (χ4n) is 2.13. The Balaban J connectivity index is 1.88. The molecule has 0 unspecified atom stereocenters. The number of benzene rings is 1. The summed E-state index contributed by atoms with van der Waals surface area (Å²) in [4.78, 5) is 18.9. The lowest BCUT2D eigenvalue weighted by Crippen LogP contribution is -2.42. The van der Waals surface area contributed by atoms with E-state index in [2.05, 4.69) is 9.97 Å². The van der Waals surface area contributed by atoms with E-state index in [9.17, 15) is 21.6 Å². The van der Waals surface area contributed by atoms with Gasteiger partial charge in [0.25, 0.3) is 15.9 Å².